The van der Waals surface area contributed by atoms with Crippen LogP contribution in [-0.2, 0) is 16.0 Å². The maximum absolute atomic E-state index is 13.4. The summed E-state index contributed by atoms with van der Waals surface area (Å²) in [7, 11) is 4.05. The predicted octanol–water partition coefficient (Wildman–Crippen LogP) is 4.13. The lowest BCUT2D eigenvalue weighted by Crippen LogP contribution is -2.37. The van der Waals surface area contributed by atoms with Gasteiger partial charge in [0, 0.05) is 51.6 Å². The van der Waals surface area contributed by atoms with Crippen LogP contribution in [0.3, 0.4) is 0 Å². The normalized spacial score (nSPS) is 20.3. The van der Waals surface area contributed by atoms with Crippen LogP contribution in [-0.4, -0.2) is 63.5 Å². The number of ether oxygens (including phenoxy) is 3. The lowest BCUT2D eigenvalue weighted by atomic mass is 10.1. The van der Waals surface area contributed by atoms with Gasteiger partial charge >= 0.3 is 0 Å². The van der Waals surface area contributed by atoms with E-state index in [1.54, 1.807) is 0 Å². The van der Waals surface area contributed by atoms with E-state index in [0.29, 0.717) is 25.3 Å². The average molecular weight is 439 g/mol. The van der Waals surface area contributed by atoms with Gasteiger partial charge in [0.05, 0.1) is 12.2 Å². The number of nitrogens with zero attached hydrogens (tertiary/aromatic N) is 2. The number of hydrogen-bond donors (Lipinski definition) is 0. The molecule has 2 saturated heterocycles. The zero-order chi connectivity index (χ0) is 22.3. The minimum atomic E-state index is 0.0165. The zero-order valence-corrected chi connectivity index (χ0v) is 19.2. The first kappa shape index (κ1) is 22.6. The molecule has 0 saturated carbocycles. The van der Waals surface area contributed by atoms with Crippen molar-refractivity contribution in [2.24, 2.45) is 0 Å². The molecule has 1 amide bonds. The van der Waals surface area contributed by atoms with E-state index >= 15 is 0 Å². The Morgan fingerprint density at radius 2 is 1.59 bits per heavy atom. The number of carbonyl (C=O) groups excluding carboxylic acids is 1. The molecule has 2 aromatic carbocycles. The number of hydrogen-bond acceptors (Lipinski definition) is 5. The molecule has 0 spiro atoms. The van der Waals surface area contributed by atoms with Gasteiger partial charge < -0.3 is 24.0 Å². The summed E-state index contributed by atoms with van der Waals surface area (Å²) in [5, 5.41) is 0. The Morgan fingerprint density at radius 1 is 0.938 bits per heavy atom. The molecule has 2 aliphatic rings. The summed E-state index contributed by atoms with van der Waals surface area (Å²) in [6.07, 6.45) is 4.48. The third kappa shape index (κ3) is 6.02. The topological polar surface area (TPSA) is 51.2 Å². The van der Waals surface area contributed by atoms with Crippen molar-refractivity contribution in [3.05, 3.63) is 59.7 Å². The molecule has 172 valence electrons. The van der Waals surface area contributed by atoms with E-state index in [0.717, 1.165) is 55.9 Å². The molecule has 0 aliphatic carbocycles. The highest BCUT2D eigenvalue weighted by atomic mass is 16.5. The Hall–Kier alpha value is -2.57. The average Bonchev–Trinajstić information content (AvgIpc) is 3.52. The monoisotopic (exact) mass is 438 g/mol. The van der Waals surface area contributed by atoms with E-state index in [1.807, 2.05) is 43.3 Å². The van der Waals surface area contributed by atoms with Gasteiger partial charge in [0.25, 0.3) is 5.91 Å². The fourth-order valence-corrected chi connectivity index (χ4v) is 4.21. The first-order valence-electron chi connectivity index (χ1n) is 11.6. The molecule has 6 heteroatoms. The summed E-state index contributed by atoms with van der Waals surface area (Å²) in [6.45, 7) is 3.32. The maximum Gasteiger partial charge on any atom is 0.254 e. The van der Waals surface area contributed by atoms with E-state index < -0.39 is 0 Å². The van der Waals surface area contributed by atoms with Crippen molar-refractivity contribution in [3.8, 4) is 5.75 Å². The molecule has 2 aliphatic heterocycles. The Morgan fingerprint density at radius 3 is 2.19 bits per heavy atom. The Bertz CT molecular complexity index is 854. The minimum Gasteiger partial charge on any atom is -0.491 e. The highest BCUT2D eigenvalue weighted by molar-refractivity contribution is 5.94. The molecule has 0 N–H and O–H groups in total. The van der Waals surface area contributed by atoms with Gasteiger partial charge in [-0.3, -0.25) is 4.79 Å². The number of anilines is 1. The molecule has 4 rings (SSSR count). The van der Waals surface area contributed by atoms with Crippen molar-refractivity contribution in [3.63, 3.8) is 0 Å². The van der Waals surface area contributed by atoms with Gasteiger partial charge in [0.2, 0.25) is 0 Å². The maximum atomic E-state index is 13.4. The Kier molecular flexibility index (Phi) is 7.66. The summed E-state index contributed by atoms with van der Waals surface area (Å²) in [4.78, 5) is 17.4. The second-order valence-electron chi connectivity index (χ2n) is 8.85. The van der Waals surface area contributed by atoms with E-state index in [1.165, 1.54) is 0 Å². The summed E-state index contributed by atoms with van der Waals surface area (Å²) >= 11 is 0. The lowest BCUT2D eigenvalue weighted by Gasteiger charge is -2.26. The van der Waals surface area contributed by atoms with Crippen molar-refractivity contribution >= 4 is 11.6 Å². The smallest absolute Gasteiger partial charge is 0.254 e. The molecular formula is C26H34N2O4. The molecule has 2 atom stereocenters. The van der Waals surface area contributed by atoms with Crippen LogP contribution >= 0.6 is 0 Å². The number of carbonyl (C=O) groups is 1. The van der Waals surface area contributed by atoms with Gasteiger partial charge in [0.1, 0.15) is 12.4 Å². The molecule has 0 radical (unpaired) electrons. The molecule has 32 heavy (non-hydrogen) atoms. The molecule has 6 nitrogen and oxygen atoms in total. The quantitative estimate of drug-likeness (QED) is 0.589. The Balaban J connectivity index is 1.42. The second kappa shape index (κ2) is 10.8. The van der Waals surface area contributed by atoms with Crippen LogP contribution in [0.5, 0.6) is 5.75 Å². The van der Waals surface area contributed by atoms with Gasteiger partial charge in [-0.1, -0.05) is 12.1 Å². The van der Waals surface area contributed by atoms with Crippen molar-refractivity contribution in [2.75, 3.05) is 45.4 Å². The van der Waals surface area contributed by atoms with Crippen molar-refractivity contribution in [2.45, 2.75) is 44.4 Å². The van der Waals surface area contributed by atoms with E-state index in [-0.39, 0.29) is 18.1 Å². The SMILES string of the molecule is CN(C)c1ccc(CN(C[C@H]2CCCO2)C(=O)c2ccc(OC[C@@H]3CCCO3)cc2)cc1. The molecule has 0 aromatic heterocycles. The van der Waals surface area contributed by atoms with Gasteiger partial charge in [-0.25, -0.2) is 0 Å². The molecule has 2 aromatic rings. The molecule has 0 bridgehead atoms. The highest BCUT2D eigenvalue weighted by Gasteiger charge is 2.24. The van der Waals surface area contributed by atoms with E-state index in [2.05, 4.69) is 29.2 Å². The lowest BCUT2D eigenvalue weighted by molar-refractivity contribution is 0.0507. The summed E-state index contributed by atoms with van der Waals surface area (Å²) in [6, 6.07) is 15.8. The summed E-state index contributed by atoms with van der Waals surface area (Å²) in [5.41, 5.74) is 2.92. The van der Waals surface area contributed by atoms with Crippen molar-refractivity contribution in [1.82, 2.24) is 4.90 Å². The predicted molar refractivity (Wildman–Crippen MR) is 125 cm³/mol. The first-order chi connectivity index (χ1) is 15.6. The van der Waals surface area contributed by atoms with Gasteiger partial charge in [-0.05, 0) is 67.6 Å². The third-order valence-electron chi connectivity index (χ3n) is 6.12. The molecule has 2 heterocycles. The zero-order valence-electron chi connectivity index (χ0n) is 19.2. The fraction of sp³-hybridized carbons (Fsp3) is 0.500. The van der Waals surface area contributed by atoms with Crippen LogP contribution in [0.25, 0.3) is 0 Å². The molecule has 2 fully saturated rings. The van der Waals surface area contributed by atoms with Crippen LogP contribution in [0.15, 0.2) is 48.5 Å². The highest BCUT2D eigenvalue weighted by Crippen LogP contribution is 2.21. The van der Waals surface area contributed by atoms with Crippen LogP contribution in [0.2, 0.25) is 0 Å². The summed E-state index contributed by atoms with van der Waals surface area (Å²) < 4.78 is 17.3. The van der Waals surface area contributed by atoms with Gasteiger partial charge in [0.15, 0.2) is 0 Å². The molecular weight excluding hydrogens is 404 g/mol. The summed E-state index contributed by atoms with van der Waals surface area (Å²) in [5.74, 6) is 0.782. The van der Waals surface area contributed by atoms with E-state index in [9.17, 15) is 4.79 Å². The third-order valence-corrected chi connectivity index (χ3v) is 6.12. The second-order valence-corrected chi connectivity index (χ2v) is 8.85. The first-order valence-corrected chi connectivity index (χ1v) is 11.6. The van der Waals surface area contributed by atoms with Gasteiger partial charge in [-0.2, -0.15) is 0 Å². The Labute approximate surface area is 191 Å². The van der Waals surface area contributed by atoms with Crippen molar-refractivity contribution in [1.29, 1.82) is 0 Å². The van der Waals surface area contributed by atoms with E-state index in [4.69, 9.17) is 14.2 Å². The largest absolute Gasteiger partial charge is 0.491 e. The van der Waals surface area contributed by atoms with Crippen LogP contribution in [0.1, 0.15) is 41.6 Å². The number of benzene rings is 2. The minimum absolute atomic E-state index is 0.0165. The molecule has 0 unspecified atom stereocenters. The fourth-order valence-electron chi connectivity index (χ4n) is 4.21. The van der Waals surface area contributed by atoms with Crippen LogP contribution < -0.4 is 9.64 Å². The number of amides is 1. The van der Waals surface area contributed by atoms with Crippen LogP contribution in [0.4, 0.5) is 5.69 Å². The van der Waals surface area contributed by atoms with Crippen molar-refractivity contribution < 1.29 is 19.0 Å². The number of rotatable bonds is 9. The van der Waals surface area contributed by atoms with Crippen LogP contribution in [0, 0.1) is 0 Å². The standard InChI is InChI=1S/C26H34N2O4/c1-27(2)22-11-7-20(8-12-22)17-28(18-24-5-3-15-30-24)26(29)21-9-13-23(14-10-21)32-19-25-6-4-16-31-25/h7-14,24-25H,3-6,15-19H2,1-2H3/t24-,25+/m1/s1. The van der Waals surface area contributed by atoms with Gasteiger partial charge in [-0.15, -0.1) is 0 Å².